The van der Waals surface area contributed by atoms with Gasteiger partial charge in [-0.3, -0.25) is 0 Å². The zero-order chi connectivity index (χ0) is 14.4. The van der Waals surface area contributed by atoms with Gasteiger partial charge in [-0.2, -0.15) is 5.10 Å². The van der Waals surface area contributed by atoms with Crippen LogP contribution in [0.25, 0.3) is 5.69 Å². The Morgan fingerprint density at radius 3 is 2.90 bits per heavy atom. The molecule has 0 saturated carbocycles. The van der Waals surface area contributed by atoms with E-state index in [0.717, 1.165) is 11.3 Å². The molecule has 7 heteroatoms. The van der Waals surface area contributed by atoms with Gasteiger partial charge in [0.1, 0.15) is 0 Å². The van der Waals surface area contributed by atoms with Crippen LogP contribution in [0.1, 0.15) is 5.56 Å². The van der Waals surface area contributed by atoms with E-state index in [2.05, 4.69) is 9.82 Å². The summed E-state index contributed by atoms with van der Waals surface area (Å²) in [5.74, 6) is -0.0393. The molecule has 6 nitrogen and oxygen atoms in total. The lowest BCUT2D eigenvalue weighted by molar-refractivity contribution is 0.217. The van der Waals surface area contributed by atoms with Gasteiger partial charge >= 0.3 is 0 Å². The number of rotatable bonds is 7. The molecule has 0 bridgehead atoms. The summed E-state index contributed by atoms with van der Waals surface area (Å²) in [6.45, 7) is 0.434. The number of benzene rings is 1. The third-order valence-electron chi connectivity index (χ3n) is 2.73. The highest BCUT2D eigenvalue weighted by Gasteiger charge is 2.09. The van der Waals surface area contributed by atoms with Crippen LogP contribution in [0.15, 0.2) is 42.7 Å². The third-order valence-corrected chi connectivity index (χ3v) is 4.02. The van der Waals surface area contributed by atoms with Crippen LogP contribution in [0.2, 0.25) is 0 Å². The molecule has 0 spiro atoms. The fourth-order valence-electron chi connectivity index (χ4n) is 1.69. The molecule has 1 N–H and O–H groups in total. The van der Waals surface area contributed by atoms with Crippen LogP contribution >= 0.6 is 0 Å². The van der Waals surface area contributed by atoms with E-state index in [9.17, 15) is 8.42 Å². The van der Waals surface area contributed by atoms with Gasteiger partial charge in [0.05, 0.1) is 18.0 Å². The SMILES string of the molecule is COCCS(=O)(=O)NCc1cccc(-n2cccn2)c1. The Morgan fingerprint density at radius 2 is 2.20 bits per heavy atom. The number of aromatic nitrogens is 2. The lowest BCUT2D eigenvalue weighted by Gasteiger charge is -2.08. The topological polar surface area (TPSA) is 73.2 Å². The molecule has 0 radical (unpaired) electrons. The first kappa shape index (κ1) is 14.7. The normalized spacial score (nSPS) is 11.7. The summed E-state index contributed by atoms with van der Waals surface area (Å²) in [5, 5.41) is 4.14. The van der Waals surface area contributed by atoms with Gasteiger partial charge in [0, 0.05) is 26.0 Å². The summed E-state index contributed by atoms with van der Waals surface area (Å²) in [5.41, 5.74) is 1.77. The van der Waals surface area contributed by atoms with Crippen molar-refractivity contribution in [2.24, 2.45) is 0 Å². The zero-order valence-corrected chi connectivity index (χ0v) is 12.0. The monoisotopic (exact) mass is 295 g/mol. The van der Waals surface area contributed by atoms with Gasteiger partial charge in [-0.15, -0.1) is 0 Å². The quantitative estimate of drug-likeness (QED) is 0.825. The van der Waals surface area contributed by atoms with Crippen LogP contribution in [0.4, 0.5) is 0 Å². The minimum Gasteiger partial charge on any atom is -0.384 e. The molecule has 108 valence electrons. The van der Waals surface area contributed by atoms with E-state index in [1.165, 1.54) is 7.11 Å². The average Bonchev–Trinajstić information content (AvgIpc) is 2.98. The highest BCUT2D eigenvalue weighted by molar-refractivity contribution is 7.89. The Labute approximate surface area is 118 Å². The first-order valence-electron chi connectivity index (χ1n) is 6.16. The van der Waals surface area contributed by atoms with Gasteiger partial charge in [-0.05, 0) is 23.8 Å². The molecule has 0 saturated heterocycles. The Bertz CT molecular complexity index is 639. The molecule has 2 rings (SSSR count). The van der Waals surface area contributed by atoms with Crippen LogP contribution < -0.4 is 4.72 Å². The summed E-state index contributed by atoms with van der Waals surface area (Å²) >= 11 is 0. The largest absolute Gasteiger partial charge is 0.384 e. The van der Waals surface area contributed by atoms with Gasteiger partial charge in [0.15, 0.2) is 0 Å². The van der Waals surface area contributed by atoms with Crippen molar-refractivity contribution in [2.75, 3.05) is 19.5 Å². The number of methoxy groups -OCH3 is 1. The van der Waals surface area contributed by atoms with Crippen LogP contribution in [-0.4, -0.2) is 37.7 Å². The number of hydrogen-bond acceptors (Lipinski definition) is 4. The van der Waals surface area contributed by atoms with Crippen molar-refractivity contribution in [1.82, 2.24) is 14.5 Å². The van der Waals surface area contributed by atoms with Crippen molar-refractivity contribution in [3.63, 3.8) is 0 Å². The van der Waals surface area contributed by atoms with E-state index in [1.54, 1.807) is 10.9 Å². The Kier molecular flexibility index (Phi) is 4.89. The molecule has 2 aromatic rings. The van der Waals surface area contributed by atoms with Crippen molar-refractivity contribution in [3.05, 3.63) is 48.3 Å². The molecule has 1 aromatic heterocycles. The second-order valence-electron chi connectivity index (χ2n) is 4.25. The maximum Gasteiger partial charge on any atom is 0.214 e. The lowest BCUT2D eigenvalue weighted by atomic mass is 10.2. The maximum atomic E-state index is 11.7. The highest BCUT2D eigenvalue weighted by Crippen LogP contribution is 2.09. The van der Waals surface area contributed by atoms with Crippen LogP contribution in [-0.2, 0) is 21.3 Å². The Morgan fingerprint density at radius 1 is 1.35 bits per heavy atom. The number of hydrogen-bond donors (Lipinski definition) is 1. The fraction of sp³-hybridized carbons (Fsp3) is 0.308. The summed E-state index contributed by atoms with van der Waals surface area (Å²) in [4.78, 5) is 0. The van der Waals surface area contributed by atoms with Crippen LogP contribution in [0.5, 0.6) is 0 Å². The van der Waals surface area contributed by atoms with E-state index in [-0.39, 0.29) is 18.9 Å². The molecule has 0 aliphatic heterocycles. The molecule has 0 unspecified atom stereocenters. The van der Waals surface area contributed by atoms with Crippen molar-refractivity contribution >= 4 is 10.0 Å². The second kappa shape index (κ2) is 6.65. The number of sulfonamides is 1. The molecular weight excluding hydrogens is 278 g/mol. The van der Waals surface area contributed by atoms with Crippen molar-refractivity contribution in [3.8, 4) is 5.69 Å². The fourth-order valence-corrected chi connectivity index (χ4v) is 2.61. The molecule has 1 aromatic carbocycles. The average molecular weight is 295 g/mol. The summed E-state index contributed by atoms with van der Waals surface area (Å²) in [6.07, 6.45) is 3.53. The Hall–Kier alpha value is -1.70. The first-order chi connectivity index (χ1) is 9.61. The van der Waals surface area contributed by atoms with Gasteiger partial charge in [-0.25, -0.2) is 17.8 Å². The predicted octanol–water partition coefficient (Wildman–Crippen LogP) is 0.938. The molecule has 0 atom stereocenters. The highest BCUT2D eigenvalue weighted by atomic mass is 32.2. The van der Waals surface area contributed by atoms with Crippen LogP contribution in [0, 0.1) is 0 Å². The zero-order valence-electron chi connectivity index (χ0n) is 11.2. The second-order valence-corrected chi connectivity index (χ2v) is 6.18. The van der Waals surface area contributed by atoms with E-state index in [1.807, 2.05) is 36.5 Å². The predicted molar refractivity (Wildman–Crippen MR) is 76.1 cm³/mol. The smallest absolute Gasteiger partial charge is 0.214 e. The van der Waals surface area contributed by atoms with E-state index < -0.39 is 10.0 Å². The molecular formula is C13H17N3O3S. The van der Waals surface area contributed by atoms with Gasteiger partial charge in [0.25, 0.3) is 0 Å². The van der Waals surface area contributed by atoms with Crippen molar-refractivity contribution in [1.29, 1.82) is 0 Å². The minimum atomic E-state index is -3.31. The van der Waals surface area contributed by atoms with Crippen molar-refractivity contribution in [2.45, 2.75) is 6.54 Å². The van der Waals surface area contributed by atoms with Gasteiger partial charge in [-0.1, -0.05) is 12.1 Å². The van der Waals surface area contributed by atoms with Gasteiger partial charge < -0.3 is 4.74 Å². The van der Waals surface area contributed by atoms with Gasteiger partial charge in [0.2, 0.25) is 10.0 Å². The number of nitrogens with one attached hydrogen (secondary N) is 1. The minimum absolute atomic E-state index is 0.0393. The van der Waals surface area contributed by atoms with E-state index >= 15 is 0 Å². The molecule has 20 heavy (non-hydrogen) atoms. The summed E-state index contributed by atoms with van der Waals surface area (Å²) < 4.78 is 32.4. The first-order valence-corrected chi connectivity index (χ1v) is 7.81. The molecule has 0 aliphatic rings. The molecule has 1 heterocycles. The standard InChI is InChI=1S/C13H17N3O3S/c1-19-8-9-20(17,18)15-11-12-4-2-5-13(10-12)16-7-3-6-14-16/h2-7,10,15H,8-9,11H2,1H3. The van der Waals surface area contributed by atoms with Crippen molar-refractivity contribution < 1.29 is 13.2 Å². The molecule has 0 fully saturated rings. The van der Waals surface area contributed by atoms with E-state index in [0.29, 0.717) is 0 Å². The Balaban J connectivity index is 2.02. The maximum absolute atomic E-state index is 11.7. The molecule has 0 amide bonds. The van der Waals surface area contributed by atoms with E-state index in [4.69, 9.17) is 4.74 Å². The number of nitrogens with zero attached hydrogens (tertiary/aromatic N) is 2. The lowest BCUT2D eigenvalue weighted by Crippen LogP contribution is -2.27. The number of ether oxygens (including phenoxy) is 1. The molecule has 0 aliphatic carbocycles. The third kappa shape index (κ3) is 4.16. The van der Waals surface area contributed by atoms with Crippen LogP contribution in [0.3, 0.4) is 0 Å². The summed E-state index contributed by atoms with van der Waals surface area (Å²) in [7, 11) is -1.83. The summed E-state index contributed by atoms with van der Waals surface area (Å²) in [6, 6.07) is 9.38.